The molecule has 0 atom stereocenters. The normalized spacial score (nSPS) is 12.0. The van der Waals surface area contributed by atoms with Crippen LogP contribution in [0.25, 0.3) is 11.0 Å². The van der Waals surface area contributed by atoms with Gasteiger partial charge in [-0.1, -0.05) is 12.1 Å². The second-order valence-electron chi connectivity index (χ2n) is 2.56. The number of H-pyrrole nitrogens is 1. The fourth-order valence-corrected chi connectivity index (χ4v) is 1.10. The van der Waals surface area contributed by atoms with E-state index < -0.39 is 0 Å². The van der Waals surface area contributed by atoms with Crippen LogP contribution in [-0.2, 0) is 0 Å². The number of aromatic nitrogens is 2. The molecule has 0 aliphatic rings. The Hall–Kier alpha value is -2.24. The fraction of sp³-hybridized carbons (Fsp3) is 0. The Morgan fingerprint density at radius 2 is 2.21 bits per heavy atom. The highest BCUT2D eigenvalue weighted by Crippen LogP contribution is 2.15. The number of nitrogens with one attached hydrogen (secondary N) is 1. The van der Waals surface area contributed by atoms with Crippen molar-refractivity contribution >= 4 is 23.3 Å². The summed E-state index contributed by atoms with van der Waals surface area (Å²) in [5.74, 6) is 5.29. The summed E-state index contributed by atoms with van der Waals surface area (Å²) < 4.78 is 0. The Bertz CT molecular complexity index is 450. The second kappa shape index (κ2) is 3.65. The maximum absolute atomic E-state index is 4.85. The number of aromatic amines is 1. The molecule has 1 heterocycles. The van der Waals surface area contributed by atoms with E-state index in [2.05, 4.69) is 25.3 Å². The van der Waals surface area contributed by atoms with Gasteiger partial charge in [-0.15, -0.1) is 10.2 Å². The van der Waals surface area contributed by atoms with E-state index in [9.17, 15) is 0 Å². The van der Waals surface area contributed by atoms with Crippen LogP contribution in [0.15, 0.2) is 39.6 Å². The fourth-order valence-electron chi connectivity index (χ4n) is 1.10. The van der Waals surface area contributed by atoms with Crippen LogP contribution in [0.4, 0.5) is 5.95 Å². The van der Waals surface area contributed by atoms with Crippen molar-refractivity contribution in [3.05, 3.63) is 24.3 Å². The van der Waals surface area contributed by atoms with Gasteiger partial charge in [-0.25, -0.2) is 4.98 Å². The van der Waals surface area contributed by atoms with Crippen LogP contribution in [0.2, 0.25) is 0 Å². The van der Waals surface area contributed by atoms with Crippen molar-refractivity contribution in [2.45, 2.75) is 0 Å². The lowest BCUT2D eigenvalue weighted by atomic mass is 10.3. The first-order valence-electron chi connectivity index (χ1n) is 3.97. The molecule has 1 aromatic heterocycles. The van der Waals surface area contributed by atoms with Gasteiger partial charge in [0.2, 0.25) is 5.95 Å². The predicted molar refractivity (Wildman–Crippen MR) is 53.3 cm³/mol. The summed E-state index contributed by atoms with van der Waals surface area (Å²) in [7, 11) is 0. The molecular weight excluding hydrogens is 180 g/mol. The highest BCUT2D eigenvalue weighted by Gasteiger charge is 1.98. The molecule has 0 aliphatic heterocycles. The number of rotatable bonds is 2. The first kappa shape index (κ1) is 8.36. The molecule has 1 aromatic carbocycles. The molecule has 6 nitrogen and oxygen atoms in total. The van der Waals surface area contributed by atoms with Crippen LogP contribution >= 0.6 is 0 Å². The molecule has 0 saturated carbocycles. The molecule has 3 N–H and O–H groups in total. The summed E-state index contributed by atoms with van der Waals surface area (Å²) in [5.41, 5.74) is 1.78. The van der Waals surface area contributed by atoms with E-state index in [1.54, 1.807) is 0 Å². The van der Waals surface area contributed by atoms with Crippen LogP contribution < -0.4 is 5.84 Å². The van der Waals surface area contributed by atoms with Gasteiger partial charge in [-0.3, -0.25) is 0 Å². The molecular formula is C8H8N6. The van der Waals surface area contributed by atoms with E-state index in [0.717, 1.165) is 17.4 Å². The van der Waals surface area contributed by atoms with Crippen molar-refractivity contribution < 1.29 is 0 Å². The number of nitrogens with two attached hydrogens (primary N) is 1. The van der Waals surface area contributed by atoms with E-state index in [4.69, 9.17) is 5.84 Å². The van der Waals surface area contributed by atoms with Crippen LogP contribution in [0.3, 0.4) is 0 Å². The molecule has 0 fully saturated rings. The average molecular weight is 188 g/mol. The minimum Gasteiger partial charge on any atom is -0.322 e. The Kier molecular flexibility index (Phi) is 2.18. The Morgan fingerprint density at radius 1 is 1.36 bits per heavy atom. The monoisotopic (exact) mass is 188 g/mol. The zero-order valence-electron chi connectivity index (χ0n) is 7.25. The Morgan fingerprint density at radius 3 is 3.00 bits per heavy atom. The van der Waals surface area contributed by atoms with Gasteiger partial charge in [0.1, 0.15) is 0 Å². The topological polar surface area (TPSA) is 91.8 Å². The van der Waals surface area contributed by atoms with E-state index in [-0.39, 0.29) is 0 Å². The SMILES string of the molecule is NN=CN=Nc1nc2ccccc2[nH]1. The number of para-hydroxylation sites is 2. The third kappa shape index (κ3) is 1.58. The van der Waals surface area contributed by atoms with Gasteiger partial charge >= 0.3 is 0 Å². The molecule has 14 heavy (non-hydrogen) atoms. The molecule has 2 aromatic rings. The highest BCUT2D eigenvalue weighted by molar-refractivity contribution is 5.76. The third-order valence-electron chi connectivity index (χ3n) is 1.65. The van der Waals surface area contributed by atoms with Gasteiger partial charge in [0.25, 0.3) is 0 Å². The van der Waals surface area contributed by atoms with Crippen molar-refractivity contribution in [3.63, 3.8) is 0 Å². The van der Waals surface area contributed by atoms with E-state index in [0.29, 0.717) is 5.95 Å². The van der Waals surface area contributed by atoms with Gasteiger partial charge in [0, 0.05) is 0 Å². The molecule has 0 radical (unpaired) electrons. The van der Waals surface area contributed by atoms with Gasteiger partial charge in [0.05, 0.1) is 11.0 Å². The van der Waals surface area contributed by atoms with E-state index in [1.807, 2.05) is 24.3 Å². The molecule has 2 rings (SSSR count). The van der Waals surface area contributed by atoms with Crippen molar-refractivity contribution in [1.29, 1.82) is 0 Å². The van der Waals surface area contributed by atoms with Gasteiger partial charge in [-0.2, -0.15) is 5.10 Å². The molecule has 70 valence electrons. The molecule has 0 spiro atoms. The molecule has 6 heteroatoms. The molecule has 0 bridgehead atoms. The van der Waals surface area contributed by atoms with E-state index >= 15 is 0 Å². The summed E-state index contributed by atoms with van der Waals surface area (Å²) in [5, 5.41) is 10.5. The standard InChI is InChI=1S/C8H8N6/c9-10-5-11-14-8-12-6-3-1-2-4-7(6)13-8/h1-5H,9H2,(H,12,13). The Labute approximate surface area is 79.6 Å². The van der Waals surface area contributed by atoms with Crippen molar-refractivity contribution in [2.24, 2.45) is 21.2 Å². The number of nitrogens with zero attached hydrogens (tertiary/aromatic N) is 4. The molecule has 0 unspecified atom stereocenters. The number of fused-ring (bicyclic) bond motifs is 1. The largest absolute Gasteiger partial charge is 0.322 e. The lowest BCUT2D eigenvalue weighted by molar-refractivity contribution is 1.15. The number of imidazole rings is 1. The Balaban J connectivity index is 2.35. The number of hydrazone groups is 1. The van der Waals surface area contributed by atoms with Crippen LogP contribution in [0.1, 0.15) is 0 Å². The minimum atomic E-state index is 0.436. The van der Waals surface area contributed by atoms with Crippen molar-refractivity contribution in [3.8, 4) is 0 Å². The van der Waals surface area contributed by atoms with Gasteiger partial charge in [-0.05, 0) is 12.1 Å². The maximum atomic E-state index is 4.85. The van der Waals surface area contributed by atoms with Crippen molar-refractivity contribution in [1.82, 2.24) is 9.97 Å². The quantitative estimate of drug-likeness (QED) is 0.246. The summed E-state index contributed by atoms with van der Waals surface area (Å²) in [6, 6.07) is 7.63. The molecule has 0 amide bonds. The average Bonchev–Trinajstić information content (AvgIpc) is 2.60. The third-order valence-corrected chi connectivity index (χ3v) is 1.65. The zero-order chi connectivity index (χ0) is 9.80. The number of azo groups is 1. The molecule has 0 saturated heterocycles. The lowest BCUT2D eigenvalue weighted by Crippen LogP contribution is -1.77. The summed E-state index contributed by atoms with van der Waals surface area (Å²) in [6.45, 7) is 0. The minimum absolute atomic E-state index is 0.436. The zero-order valence-corrected chi connectivity index (χ0v) is 7.25. The van der Waals surface area contributed by atoms with E-state index in [1.165, 1.54) is 0 Å². The van der Waals surface area contributed by atoms with Crippen LogP contribution in [0, 0.1) is 0 Å². The first-order chi connectivity index (χ1) is 6.90. The highest BCUT2D eigenvalue weighted by atomic mass is 15.2. The lowest BCUT2D eigenvalue weighted by Gasteiger charge is -1.81. The molecule has 0 aliphatic carbocycles. The van der Waals surface area contributed by atoms with Gasteiger partial charge < -0.3 is 10.8 Å². The summed E-state index contributed by atoms with van der Waals surface area (Å²) in [4.78, 5) is 7.15. The van der Waals surface area contributed by atoms with Gasteiger partial charge in [0.15, 0.2) is 6.34 Å². The smallest absolute Gasteiger partial charge is 0.247 e. The first-order valence-corrected chi connectivity index (χ1v) is 3.97. The van der Waals surface area contributed by atoms with Crippen molar-refractivity contribution in [2.75, 3.05) is 0 Å². The summed E-state index contributed by atoms with van der Waals surface area (Å²) >= 11 is 0. The number of hydrogen-bond donors (Lipinski definition) is 2. The van der Waals surface area contributed by atoms with Crippen LogP contribution in [-0.4, -0.2) is 16.3 Å². The van der Waals surface area contributed by atoms with Crippen LogP contribution in [0.5, 0.6) is 0 Å². The maximum Gasteiger partial charge on any atom is 0.247 e. The second-order valence-corrected chi connectivity index (χ2v) is 2.56. The number of hydrogen-bond acceptors (Lipinski definition) is 4. The number of benzene rings is 1. The summed E-state index contributed by atoms with van der Waals surface area (Å²) in [6.07, 6.45) is 1.15. The predicted octanol–water partition coefficient (Wildman–Crippen LogP) is 1.55.